The molecule has 17 heavy (non-hydrogen) atoms. The molecule has 1 aromatic rings. The number of halogens is 1. The molecule has 1 unspecified atom stereocenters. The SMILES string of the molecule is O=C1CC2CSCCN2c2cccc(Cl)c2N1. The number of para-hydroxylation sites is 1. The van der Waals surface area contributed by atoms with Crippen molar-refractivity contribution >= 4 is 40.6 Å². The molecular weight excluding hydrogens is 256 g/mol. The van der Waals surface area contributed by atoms with E-state index < -0.39 is 0 Å². The van der Waals surface area contributed by atoms with Crippen molar-refractivity contribution in [1.82, 2.24) is 0 Å². The van der Waals surface area contributed by atoms with E-state index in [1.807, 2.05) is 30.0 Å². The van der Waals surface area contributed by atoms with Gasteiger partial charge in [-0.2, -0.15) is 11.8 Å². The molecule has 1 N–H and O–H groups in total. The van der Waals surface area contributed by atoms with Crippen molar-refractivity contribution in [3.8, 4) is 0 Å². The lowest BCUT2D eigenvalue weighted by Crippen LogP contribution is -2.42. The zero-order valence-corrected chi connectivity index (χ0v) is 10.9. The minimum Gasteiger partial charge on any atom is -0.365 e. The van der Waals surface area contributed by atoms with Crippen molar-refractivity contribution in [3.63, 3.8) is 0 Å². The number of hydrogen-bond acceptors (Lipinski definition) is 3. The van der Waals surface area contributed by atoms with Crippen LogP contribution in [0.2, 0.25) is 5.02 Å². The molecule has 5 heteroatoms. The zero-order chi connectivity index (χ0) is 11.8. The molecule has 1 aromatic carbocycles. The highest BCUT2D eigenvalue weighted by Crippen LogP contribution is 2.38. The number of thioether (sulfide) groups is 1. The Bertz CT molecular complexity index is 466. The summed E-state index contributed by atoms with van der Waals surface area (Å²) >= 11 is 8.08. The van der Waals surface area contributed by atoms with Crippen LogP contribution in [-0.4, -0.2) is 30.0 Å². The maximum atomic E-state index is 11.8. The number of benzene rings is 1. The third-order valence-corrected chi connectivity index (χ3v) is 4.62. The number of amides is 1. The smallest absolute Gasteiger partial charge is 0.226 e. The summed E-state index contributed by atoms with van der Waals surface area (Å²) in [6.45, 7) is 0.984. The van der Waals surface area contributed by atoms with Crippen molar-refractivity contribution in [2.24, 2.45) is 0 Å². The monoisotopic (exact) mass is 268 g/mol. The molecule has 3 rings (SSSR count). The lowest BCUT2D eigenvalue weighted by atomic mass is 10.1. The van der Waals surface area contributed by atoms with Crippen molar-refractivity contribution in [3.05, 3.63) is 23.2 Å². The van der Waals surface area contributed by atoms with Crippen molar-refractivity contribution < 1.29 is 4.79 Å². The fraction of sp³-hybridized carbons (Fsp3) is 0.417. The second-order valence-electron chi connectivity index (χ2n) is 4.31. The number of nitrogens with zero attached hydrogens (tertiary/aromatic N) is 1. The van der Waals surface area contributed by atoms with Crippen LogP contribution in [0.4, 0.5) is 11.4 Å². The van der Waals surface area contributed by atoms with Crippen molar-refractivity contribution in [2.45, 2.75) is 12.5 Å². The first kappa shape index (κ1) is 11.2. The van der Waals surface area contributed by atoms with Gasteiger partial charge in [-0.25, -0.2) is 0 Å². The van der Waals surface area contributed by atoms with E-state index in [0.29, 0.717) is 17.5 Å². The zero-order valence-electron chi connectivity index (χ0n) is 9.28. The van der Waals surface area contributed by atoms with Gasteiger partial charge in [0.1, 0.15) is 0 Å². The molecule has 2 aliphatic rings. The highest BCUT2D eigenvalue weighted by atomic mass is 35.5. The van der Waals surface area contributed by atoms with Crippen LogP contribution in [0.25, 0.3) is 0 Å². The van der Waals surface area contributed by atoms with E-state index in [9.17, 15) is 4.79 Å². The first-order valence-corrected chi connectivity index (χ1v) is 7.22. The topological polar surface area (TPSA) is 32.3 Å². The summed E-state index contributed by atoms with van der Waals surface area (Å²) in [5.41, 5.74) is 1.84. The fourth-order valence-corrected chi connectivity index (χ4v) is 3.70. The van der Waals surface area contributed by atoms with Gasteiger partial charge in [0.25, 0.3) is 0 Å². The first-order valence-electron chi connectivity index (χ1n) is 5.68. The number of carbonyl (C=O) groups excluding carboxylic acids is 1. The summed E-state index contributed by atoms with van der Waals surface area (Å²) < 4.78 is 0. The van der Waals surface area contributed by atoms with Gasteiger partial charge in [-0.1, -0.05) is 17.7 Å². The van der Waals surface area contributed by atoms with Gasteiger partial charge in [-0.3, -0.25) is 4.79 Å². The molecule has 1 amide bonds. The minimum atomic E-state index is 0.0642. The summed E-state index contributed by atoms with van der Waals surface area (Å²) in [6.07, 6.45) is 0.554. The maximum Gasteiger partial charge on any atom is 0.226 e. The van der Waals surface area contributed by atoms with E-state index in [0.717, 1.165) is 29.4 Å². The Hall–Kier alpha value is -0.870. The van der Waals surface area contributed by atoms with Crippen LogP contribution in [0.5, 0.6) is 0 Å². The maximum absolute atomic E-state index is 11.8. The summed E-state index contributed by atoms with van der Waals surface area (Å²) in [4.78, 5) is 14.2. The molecule has 2 heterocycles. The second-order valence-corrected chi connectivity index (χ2v) is 5.87. The van der Waals surface area contributed by atoms with Crippen LogP contribution in [0.15, 0.2) is 18.2 Å². The quantitative estimate of drug-likeness (QED) is 0.785. The van der Waals surface area contributed by atoms with Gasteiger partial charge in [0.2, 0.25) is 5.91 Å². The second kappa shape index (κ2) is 4.42. The van der Waals surface area contributed by atoms with Crippen molar-refractivity contribution in [1.29, 1.82) is 0 Å². The number of nitrogens with one attached hydrogen (secondary N) is 1. The molecular formula is C12H13ClN2OS. The van der Waals surface area contributed by atoms with Gasteiger partial charge < -0.3 is 10.2 Å². The summed E-state index contributed by atoms with van der Waals surface area (Å²) in [5, 5.41) is 3.55. The summed E-state index contributed by atoms with van der Waals surface area (Å²) in [5.74, 6) is 2.19. The predicted molar refractivity (Wildman–Crippen MR) is 73.2 cm³/mol. The van der Waals surface area contributed by atoms with Crippen LogP contribution >= 0.6 is 23.4 Å². The van der Waals surface area contributed by atoms with Crippen molar-refractivity contribution in [2.75, 3.05) is 28.3 Å². The predicted octanol–water partition coefficient (Wildman–Crippen LogP) is 2.60. The first-order chi connectivity index (χ1) is 8.25. The fourth-order valence-electron chi connectivity index (χ4n) is 2.42. The standard InChI is InChI=1S/C12H13ClN2OS/c13-9-2-1-3-10-12(9)14-11(16)6-8-7-17-5-4-15(8)10/h1-3,8H,4-7H2,(H,14,16). The highest BCUT2D eigenvalue weighted by Gasteiger charge is 2.30. The van der Waals surface area contributed by atoms with E-state index in [2.05, 4.69) is 10.2 Å². The van der Waals surface area contributed by atoms with Gasteiger partial charge >= 0.3 is 0 Å². The lowest BCUT2D eigenvalue weighted by Gasteiger charge is -2.35. The Morgan fingerprint density at radius 2 is 2.35 bits per heavy atom. The van der Waals surface area contributed by atoms with E-state index in [4.69, 9.17) is 11.6 Å². The van der Waals surface area contributed by atoms with Crippen LogP contribution in [0.1, 0.15) is 6.42 Å². The Morgan fingerprint density at radius 3 is 3.24 bits per heavy atom. The molecule has 0 radical (unpaired) electrons. The molecule has 1 atom stereocenters. The average Bonchev–Trinajstić information content (AvgIpc) is 2.46. The molecule has 1 saturated heterocycles. The number of anilines is 2. The third kappa shape index (κ3) is 2.00. The largest absolute Gasteiger partial charge is 0.365 e. The van der Waals surface area contributed by atoms with Gasteiger partial charge in [-0.05, 0) is 12.1 Å². The molecule has 0 aromatic heterocycles. The number of rotatable bonds is 0. The van der Waals surface area contributed by atoms with Crippen LogP contribution in [0, 0.1) is 0 Å². The Kier molecular flexibility index (Phi) is 2.92. The average molecular weight is 269 g/mol. The number of hydrogen-bond donors (Lipinski definition) is 1. The number of carbonyl (C=O) groups is 1. The molecule has 0 saturated carbocycles. The minimum absolute atomic E-state index is 0.0642. The molecule has 3 nitrogen and oxygen atoms in total. The Morgan fingerprint density at radius 1 is 1.47 bits per heavy atom. The van der Waals surface area contributed by atoms with Crippen LogP contribution in [-0.2, 0) is 4.79 Å². The number of fused-ring (bicyclic) bond motifs is 3. The van der Waals surface area contributed by atoms with Gasteiger partial charge in [0.15, 0.2) is 0 Å². The van der Waals surface area contributed by atoms with Gasteiger partial charge in [0.05, 0.1) is 16.4 Å². The normalized spacial score (nSPS) is 23.5. The molecule has 1 fully saturated rings. The Balaban J connectivity index is 2.09. The van der Waals surface area contributed by atoms with Gasteiger partial charge in [-0.15, -0.1) is 0 Å². The third-order valence-electron chi connectivity index (χ3n) is 3.21. The summed E-state index contributed by atoms with van der Waals surface area (Å²) in [6, 6.07) is 6.10. The highest BCUT2D eigenvalue weighted by molar-refractivity contribution is 7.99. The molecule has 0 spiro atoms. The summed E-state index contributed by atoms with van der Waals surface area (Å²) in [7, 11) is 0. The van der Waals surface area contributed by atoms with E-state index in [1.165, 1.54) is 0 Å². The van der Waals surface area contributed by atoms with E-state index >= 15 is 0 Å². The van der Waals surface area contributed by atoms with Crippen LogP contribution in [0.3, 0.4) is 0 Å². The van der Waals surface area contributed by atoms with E-state index in [1.54, 1.807) is 0 Å². The van der Waals surface area contributed by atoms with Gasteiger partial charge in [0, 0.05) is 30.5 Å². The molecule has 0 bridgehead atoms. The Labute approximate surface area is 110 Å². The molecule has 90 valence electrons. The lowest BCUT2D eigenvalue weighted by molar-refractivity contribution is -0.116. The van der Waals surface area contributed by atoms with Crippen LogP contribution < -0.4 is 10.2 Å². The van der Waals surface area contributed by atoms with E-state index in [-0.39, 0.29) is 5.91 Å². The molecule has 2 aliphatic heterocycles. The molecule has 0 aliphatic carbocycles.